The molecule has 0 radical (unpaired) electrons. The van der Waals surface area contributed by atoms with Crippen molar-refractivity contribution >= 4 is 14.6 Å². The molecule has 0 bridgehead atoms. The second-order valence-corrected chi connectivity index (χ2v) is 7.01. The van der Waals surface area contributed by atoms with E-state index in [0.717, 1.165) is 18.3 Å². The fourth-order valence-electron chi connectivity index (χ4n) is 1.40. The van der Waals surface area contributed by atoms with Gasteiger partial charge in [0.15, 0.2) is 6.19 Å². The van der Waals surface area contributed by atoms with Gasteiger partial charge in [0.1, 0.15) is 5.69 Å². The summed E-state index contributed by atoms with van der Waals surface area (Å²) in [5.74, 6) is -8.65. The molecule has 0 aliphatic carbocycles. The Kier molecular flexibility index (Phi) is 4.53. The number of halogens is 4. The van der Waals surface area contributed by atoms with Crippen molar-refractivity contribution in [1.29, 1.82) is 5.26 Å². The van der Waals surface area contributed by atoms with Crippen LogP contribution < -0.4 is 4.72 Å². The van der Waals surface area contributed by atoms with Gasteiger partial charge in [-0.15, -0.1) is 0 Å². The molecule has 1 heterocycles. The van der Waals surface area contributed by atoms with Gasteiger partial charge in [0.2, 0.25) is 0 Å². The van der Waals surface area contributed by atoms with Gasteiger partial charge in [-0.3, -0.25) is 4.98 Å². The van der Waals surface area contributed by atoms with E-state index in [2.05, 4.69) is 9.71 Å². The molecule has 0 aliphatic rings. The molecular formula is C12H13F4N3OS. The molecule has 9 heteroatoms. The predicted molar refractivity (Wildman–Crippen MR) is 71.4 cm³/mol. The molecule has 0 aliphatic heterocycles. The fraction of sp³-hybridized carbons (Fsp3) is 0.417. The van der Waals surface area contributed by atoms with Gasteiger partial charge in [0, 0.05) is 29.8 Å². The second-order valence-electron chi connectivity index (χ2n) is 4.51. The molecule has 1 N–H and O–H groups in total. The quantitative estimate of drug-likeness (QED) is 0.304. The number of aromatic nitrogens is 1. The van der Waals surface area contributed by atoms with Crippen molar-refractivity contribution in [3.05, 3.63) is 29.6 Å². The lowest BCUT2D eigenvalue weighted by molar-refractivity contribution is -0.207. The van der Waals surface area contributed by atoms with Gasteiger partial charge < -0.3 is 0 Å². The van der Waals surface area contributed by atoms with Gasteiger partial charge in [-0.25, -0.2) is 8.93 Å². The molecular weight excluding hydrogens is 310 g/mol. The van der Waals surface area contributed by atoms with E-state index in [1.807, 2.05) is 0 Å². The average molecular weight is 323 g/mol. The number of nitrogens with zero attached hydrogens (tertiary/aromatic N) is 2. The van der Waals surface area contributed by atoms with E-state index in [1.54, 1.807) is 0 Å². The molecule has 4 nitrogen and oxygen atoms in total. The maximum Gasteiger partial charge on any atom is 0.351 e. The summed E-state index contributed by atoms with van der Waals surface area (Å²) in [4.78, 5) is 3.53. The number of nitriles is 1. The number of alkyl halides is 4. The SMILES string of the molecule is CC(c1ccc(C(F)(F)C(C)(F)F)nc1)=S(C)(=O)NC#N. The van der Waals surface area contributed by atoms with Gasteiger partial charge >= 0.3 is 11.8 Å². The Morgan fingerprint density at radius 3 is 2.33 bits per heavy atom. The summed E-state index contributed by atoms with van der Waals surface area (Å²) >= 11 is 0. The summed E-state index contributed by atoms with van der Waals surface area (Å²) < 4.78 is 66.7. The molecule has 116 valence electrons. The van der Waals surface area contributed by atoms with Crippen LogP contribution in [-0.4, -0.2) is 26.2 Å². The highest BCUT2D eigenvalue weighted by molar-refractivity contribution is 8.00. The first-order valence-corrected chi connectivity index (χ1v) is 7.61. The highest BCUT2D eigenvalue weighted by Crippen LogP contribution is 2.41. The molecule has 1 aromatic rings. The van der Waals surface area contributed by atoms with Crippen molar-refractivity contribution in [3.63, 3.8) is 0 Å². The number of hydrogen-bond acceptors (Lipinski definition) is 3. The monoisotopic (exact) mass is 323 g/mol. The standard InChI is InChI=1S/C12H13F4N3OS/c1-8(21(3,20)19-7-17)9-4-5-10(18-6-9)12(15,16)11(2,13)14/h4-6H,1-3H3,(H,19,20). The van der Waals surface area contributed by atoms with Crippen molar-refractivity contribution in [1.82, 2.24) is 9.71 Å². The van der Waals surface area contributed by atoms with Crippen LogP contribution in [0.1, 0.15) is 25.1 Å². The van der Waals surface area contributed by atoms with E-state index >= 15 is 0 Å². The van der Waals surface area contributed by atoms with Crippen LogP contribution in [-0.2, 0) is 15.6 Å². The van der Waals surface area contributed by atoms with Gasteiger partial charge in [-0.05, 0) is 13.0 Å². The van der Waals surface area contributed by atoms with E-state index in [-0.39, 0.29) is 17.4 Å². The first-order chi connectivity index (χ1) is 9.43. The zero-order valence-electron chi connectivity index (χ0n) is 11.5. The zero-order chi connectivity index (χ0) is 16.5. The van der Waals surface area contributed by atoms with Crippen LogP contribution in [0.15, 0.2) is 18.3 Å². The summed E-state index contributed by atoms with van der Waals surface area (Å²) in [6.45, 7) is 1.53. The van der Waals surface area contributed by atoms with Crippen molar-refractivity contribution in [2.45, 2.75) is 25.7 Å². The lowest BCUT2D eigenvalue weighted by Crippen LogP contribution is -2.35. The molecule has 0 saturated carbocycles. The molecule has 21 heavy (non-hydrogen) atoms. The van der Waals surface area contributed by atoms with Crippen LogP contribution in [0, 0.1) is 11.5 Å². The number of nitrogens with one attached hydrogen (secondary N) is 1. The van der Waals surface area contributed by atoms with Gasteiger partial charge in [-0.1, -0.05) is 6.07 Å². The Balaban J connectivity index is 3.28. The molecule has 0 saturated heterocycles. The van der Waals surface area contributed by atoms with Crippen molar-refractivity contribution in [2.75, 3.05) is 6.26 Å². The maximum absolute atomic E-state index is 13.4. The van der Waals surface area contributed by atoms with Crippen LogP contribution in [0.25, 0.3) is 0 Å². The Bertz CT molecular complexity index is 680. The van der Waals surface area contributed by atoms with E-state index in [9.17, 15) is 21.8 Å². The van der Waals surface area contributed by atoms with Crippen molar-refractivity contribution in [2.24, 2.45) is 0 Å². The Labute approximate surface area is 119 Å². The van der Waals surface area contributed by atoms with E-state index in [0.29, 0.717) is 0 Å². The van der Waals surface area contributed by atoms with Crippen LogP contribution in [0.2, 0.25) is 0 Å². The molecule has 0 amide bonds. The summed E-state index contributed by atoms with van der Waals surface area (Å²) in [5, 5.41) is 8.49. The normalized spacial score (nSPS) is 15.0. The Hall–Kier alpha value is -1.82. The van der Waals surface area contributed by atoms with E-state index in [4.69, 9.17) is 5.26 Å². The molecule has 0 spiro atoms. The zero-order valence-corrected chi connectivity index (χ0v) is 12.3. The second kappa shape index (κ2) is 5.52. The third kappa shape index (κ3) is 3.44. The minimum Gasteiger partial charge on any atom is -0.254 e. The van der Waals surface area contributed by atoms with Gasteiger partial charge in [-0.2, -0.15) is 22.8 Å². The largest absolute Gasteiger partial charge is 0.351 e. The first-order valence-electron chi connectivity index (χ1n) is 5.64. The summed E-state index contributed by atoms with van der Waals surface area (Å²) in [6.07, 6.45) is 3.71. The van der Waals surface area contributed by atoms with Crippen molar-refractivity contribution in [3.8, 4) is 6.19 Å². The molecule has 0 fully saturated rings. The van der Waals surface area contributed by atoms with E-state index in [1.165, 1.54) is 19.4 Å². The molecule has 0 aromatic carbocycles. The van der Waals surface area contributed by atoms with E-state index < -0.39 is 27.2 Å². The molecule has 1 unspecified atom stereocenters. The van der Waals surface area contributed by atoms with Crippen LogP contribution in [0.5, 0.6) is 0 Å². The van der Waals surface area contributed by atoms with Gasteiger partial charge in [0.05, 0.1) is 9.71 Å². The Morgan fingerprint density at radius 2 is 1.95 bits per heavy atom. The van der Waals surface area contributed by atoms with Crippen molar-refractivity contribution < 1.29 is 21.8 Å². The Morgan fingerprint density at radius 1 is 1.38 bits per heavy atom. The highest BCUT2D eigenvalue weighted by Gasteiger charge is 2.54. The minimum absolute atomic E-state index is 0.107. The number of pyridine rings is 1. The topological polar surface area (TPSA) is 65.8 Å². The summed E-state index contributed by atoms with van der Waals surface area (Å²) in [5.41, 5.74) is -0.869. The predicted octanol–water partition coefficient (Wildman–Crippen LogP) is 2.27. The lowest BCUT2D eigenvalue weighted by Gasteiger charge is -2.22. The summed E-state index contributed by atoms with van der Waals surface area (Å²) in [6, 6.07) is 1.86. The molecule has 1 rings (SSSR count). The number of hydrogen-bond donors (Lipinski definition) is 1. The lowest BCUT2D eigenvalue weighted by atomic mass is 10.1. The van der Waals surface area contributed by atoms with Crippen LogP contribution in [0.4, 0.5) is 17.6 Å². The smallest absolute Gasteiger partial charge is 0.254 e. The summed E-state index contributed by atoms with van der Waals surface area (Å²) in [7, 11) is -2.86. The first kappa shape index (κ1) is 17.2. The third-order valence-corrected chi connectivity index (χ3v) is 4.75. The third-order valence-electron chi connectivity index (χ3n) is 2.87. The number of rotatable bonds is 4. The highest BCUT2D eigenvalue weighted by atomic mass is 32.2. The minimum atomic E-state index is -4.40. The average Bonchev–Trinajstić information content (AvgIpc) is 2.36. The fourth-order valence-corrected chi connectivity index (χ4v) is 2.30. The van der Waals surface area contributed by atoms with Crippen LogP contribution in [0.3, 0.4) is 0 Å². The molecule has 1 aromatic heterocycles. The van der Waals surface area contributed by atoms with Gasteiger partial charge in [0.25, 0.3) is 0 Å². The maximum atomic E-state index is 13.4. The molecule has 1 atom stereocenters. The van der Waals surface area contributed by atoms with Crippen LogP contribution >= 0.6 is 0 Å².